The summed E-state index contributed by atoms with van der Waals surface area (Å²) >= 11 is 0. The third-order valence-corrected chi connectivity index (χ3v) is 4.59. The first-order chi connectivity index (χ1) is 12.0. The van der Waals surface area contributed by atoms with Crippen LogP contribution in [0.1, 0.15) is 0 Å². The molecule has 0 unspecified atom stereocenters. The molecule has 0 bridgehead atoms. The Morgan fingerprint density at radius 2 is 1.56 bits per heavy atom. The molecule has 0 heterocycles. The Bertz CT molecular complexity index is 1120. The molecule has 0 saturated heterocycles. The molecule has 1 N–H and O–H groups in total. The number of phenols is 1. The minimum Gasteiger partial charge on any atom is -0.507 e. The first kappa shape index (κ1) is 16.4. The molecule has 3 aromatic rings. The first-order valence-corrected chi connectivity index (χ1v) is 8.49. The van der Waals surface area contributed by atoms with Crippen LogP contribution in [0.2, 0.25) is 0 Å². The SMILES string of the molecule is [N-]=[N+]=NS(=O)(=O)c1ccc(/N=N/c2ccc(O)c3ccccc23)cc1. The third-order valence-electron chi connectivity index (χ3n) is 3.43. The number of fused-ring (bicyclic) bond motifs is 1. The van der Waals surface area contributed by atoms with Crippen molar-refractivity contribution in [2.45, 2.75) is 4.90 Å². The number of phenolic OH excluding ortho intramolecular Hbond substituents is 1. The molecule has 0 radical (unpaired) electrons. The number of aromatic hydroxyl groups is 1. The average molecular weight is 353 g/mol. The Kier molecular flexibility index (Phi) is 4.34. The quantitative estimate of drug-likeness (QED) is 0.404. The number of hydrogen-bond donors (Lipinski definition) is 1. The molecule has 3 rings (SSSR count). The molecule has 0 fully saturated rings. The maximum Gasteiger partial charge on any atom is 0.264 e. The third kappa shape index (κ3) is 3.42. The van der Waals surface area contributed by atoms with Gasteiger partial charge >= 0.3 is 0 Å². The Hall–Kier alpha value is -3.42. The van der Waals surface area contributed by atoms with Crippen LogP contribution >= 0.6 is 0 Å². The van der Waals surface area contributed by atoms with Crippen LogP contribution in [0.25, 0.3) is 21.2 Å². The van der Waals surface area contributed by atoms with E-state index in [1.807, 2.05) is 18.2 Å². The van der Waals surface area contributed by atoms with E-state index in [0.29, 0.717) is 16.8 Å². The Balaban J connectivity index is 1.93. The second-order valence-electron chi connectivity index (χ2n) is 4.99. The fourth-order valence-electron chi connectivity index (χ4n) is 2.25. The van der Waals surface area contributed by atoms with Crippen molar-refractivity contribution < 1.29 is 13.5 Å². The molecule has 3 aromatic carbocycles. The highest BCUT2D eigenvalue weighted by molar-refractivity contribution is 7.90. The van der Waals surface area contributed by atoms with Crippen molar-refractivity contribution in [3.8, 4) is 5.75 Å². The van der Waals surface area contributed by atoms with Crippen molar-refractivity contribution in [3.63, 3.8) is 0 Å². The minimum atomic E-state index is -4.02. The summed E-state index contributed by atoms with van der Waals surface area (Å²) in [7, 11) is -4.02. The zero-order chi connectivity index (χ0) is 17.9. The average Bonchev–Trinajstić information content (AvgIpc) is 2.62. The Labute approximate surface area is 142 Å². The van der Waals surface area contributed by atoms with E-state index in [1.165, 1.54) is 30.3 Å². The summed E-state index contributed by atoms with van der Waals surface area (Å²) in [6.07, 6.45) is 0. The van der Waals surface area contributed by atoms with Crippen molar-refractivity contribution in [2.24, 2.45) is 14.7 Å². The van der Waals surface area contributed by atoms with Crippen LogP contribution in [0, 0.1) is 0 Å². The zero-order valence-corrected chi connectivity index (χ0v) is 13.5. The molecule has 0 aliphatic heterocycles. The van der Waals surface area contributed by atoms with Gasteiger partial charge in [-0.05, 0) is 41.9 Å². The highest BCUT2D eigenvalue weighted by Crippen LogP contribution is 2.33. The molecular formula is C16H11N5O3S. The van der Waals surface area contributed by atoms with Crippen LogP contribution in [0.15, 0.2) is 80.3 Å². The van der Waals surface area contributed by atoms with E-state index in [-0.39, 0.29) is 10.6 Å². The molecule has 9 heteroatoms. The highest BCUT2D eigenvalue weighted by atomic mass is 32.2. The van der Waals surface area contributed by atoms with Gasteiger partial charge in [-0.15, -0.1) is 5.11 Å². The summed E-state index contributed by atoms with van der Waals surface area (Å²) in [5.74, 6) is 0.155. The molecule has 0 aliphatic rings. The fraction of sp³-hybridized carbons (Fsp3) is 0. The summed E-state index contributed by atoms with van der Waals surface area (Å²) in [6.45, 7) is 0. The van der Waals surface area contributed by atoms with E-state index in [2.05, 4.69) is 19.7 Å². The molecule has 0 aliphatic carbocycles. The molecular weight excluding hydrogens is 342 g/mol. The van der Waals surface area contributed by atoms with Gasteiger partial charge in [-0.2, -0.15) is 5.11 Å². The Morgan fingerprint density at radius 1 is 0.880 bits per heavy atom. The summed E-state index contributed by atoms with van der Waals surface area (Å²) in [5, 5.41) is 19.5. The summed E-state index contributed by atoms with van der Waals surface area (Å²) in [6, 6.07) is 15.9. The van der Waals surface area contributed by atoms with Crippen molar-refractivity contribution in [1.29, 1.82) is 0 Å². The van der Waals surface area contributed by atoms with E-state index < -0.39 is 10.0 Å². The molecule has 0 saturated carbocycles. The van der Waals surface area contributed by atoms with Crippen LogP contribution in [-0.2, 0) is 10.0 Å². The van der Waals surface area contributed by atoms with Gasteiger partial charge < -0.3 is 5.11 Å². The monoisotopic (exact) mass is 353 g/mol. The van der Waals surface area contributed by atoms with Crippen molar-refractivity contribution in [2.75, 3.05) is 0 Å². The van der Waals surface area contributed by atoms with Crippen LogP contribution in [0.5, 0.6) is 5.75 Å². The van der Waals surface area contributed by atoms with Gasteiger partial charge in [-0.25, -0.2) is 8.42 Å². The lowest BCUT2D eigenvalue weighted by molar-refractivity contribution is 0.481. The van der Waals surface area contributed by atoms with Crippen molar-refractivity contribution in [3.05, 3.63) is 71.1 Å². The van der Waals surface area contributed by atoms with Gasteiger partial charge in [-0.1, -0.05) is 24.3 Å². The number of benzene rings is 3. The predicted molar refractivity (Wildman–Crippen MR) is 92.6 cm³/mol. The summed E-state index contributed by atoms with van der Waals surface area (Å²) < 4.78 is 26.0. The maximum atomic E-state index is 11.6. The largest absolute Gasteiger partial charge is 0.507 e. The zero-order valence-electron chi connectivity index (χ0n) is 12.7. The second kappa shape index (κ2) is 6.60. The Morgan fingerprint density at radius 3 is 2.24 bits per heavy atom. The lowest BCUT2D eigenvalue weighted by Gasteiger charge is -2.03. The topological polar surface area (TPSA) is 128 Å². The van der Waals surface area contributed by atoms with Gasteiger partial charge in [0.1, 0.15) is 5.75 Å². The van der Waals surface area contributed by atoms with Crippen molar-refractivity contribution in [1.82, 2.24) is 0 Å². The van der Waals surface area contributed by atoms with Gasteiger partial charge in [0.05, 0.1) is 16.3 Å². The number of hydrogen-bond acceptors (Lipinski definition) is 5. The van der Waals surface area contributed by atoms with E-state index >= 15 is 0 Å². The highest BCUT2D eigenvalue weighted by Gasteiger charge is 2.11. The predicted octanol–water partition coefficient (Wildman–Crippen LogP) is 4.96. The molecule has 0 aromatic heterocycles. The number of azo groups is 1. The minimum absolute atomic E-state index is 0.126. The van der Waals surface area contributed by atoms with Crippen molar-refractivity contribution >= 4 is 32.2 Å². The number of rotatable bonds is 4. The maximum absolute atomic E-state index is 11.6. The second-order valence-corrected chi connectivity index (χ2v) is 6.57. The summed E-state index contributed by atoms with van der Waals surface area (Å²) in [5.41, 5.74) is 9.26. The standard InChI is InChI=1S/C16H11N5O3S/c17-20-21-25(23,24)12-7-5-11(6-8-12)18-19-15-9-10-16(22)14-4-2-1-3-13(14)15/h1-10,22H/b19-18+. The fourth-order valence-corrected chi connectivity index (χ4v) is 2.92. The van der Waals surface area contributed by atoms with Gasteiger partial charge in [0.15, 0.2) is 0 Å². The molecule has 124 valence electrons. The number of sulfonamides is 1. The lowest BCUT2D eigenvalue weighted by atomic mass is 10.1. The van der Waals surface area contributed by atoms with E-state index in [9.17, 15) is 13.5 Å². The van der Waals surface area contributed by atoms with Gasteiger partial charge in [0.2, 0.25) is 0 Å². The molecule has 0 spiro atoms. The van der Waals surface area contributed by atoms with Crippen LogP contribution in [0.3, 0.4) is 0 Å². The molecule has 8 nitrogen and oxygen atoms in total. The van der Waals surface area contributed by atoms with Crippen LogP contribution < -0.4 is 0 Å². The van der Waals surface area contributed by atoms with E-state index in [1.54, 1.807) is 12.1 Å². The van der Waals surface area contributed by atoms with Crippen LogP contribution in [-0.4, -0.2) is 13.5 Å². The normalized spacial score (nSPS) is 11.5. The first-order valence-electron chi connectivity index (χ1n) is 7.05. The lowest BCUT2D eigenvalue weighted by Crippen LogP contribution is -1.93. The smallest absolute Gasteiger partial charge is 0.264 e. The number of nitrogens with zero attached hydrogens (tertiary/aromatic N) is 5. The van der Waals surface area contributed by atoms with Gasteiger partial charge in [-0.3, -0.25) is 0 Å². The number of azide groups is 1. The van der Waals surface area contributed by atoms with Gasteiger partial charge in [0, 0.05) is 20.2 Å². The summed E-state index contributed by atoms with van der Waals surface area (Å²) in [4.78, 5) is 2.17. The van der Waals surface area contributed by atoms with Crippen LogP contribution in [0.4, 0.5) is 11.4 Å². The molecule has 25 heavy (non-hydrogen) atoms. The molecule has 0 atom stereocenters. The van der Waals surface area contributed by atoms with Gasteiger partial charge in [0.25, 0.3) is 10.0 Å². The molecule has 0 amide bonds. The van der Waals surface area contributed by atoms with E-state index in [0.717, 1.165) is 5.39 Å². The van der Waals surface area contributed by atoms with E-state index in [4.69, 9.17) is 5.53 Å².